The normalized spacial score (nSPS) is 12.8. The van der Waals surface area contributed by atoms with E-state index >= 15 is 0 Å². The van der Waals surface area contributed by atoms with Crippen molar-refractivity contribution in [3.63, 3.8) is 0 Å². The van der Waals surface area contributed by atoms with Gasteiger partial charge in [-0.3, -0.25) is 0 Å². The van der Waals surface area contributed by atoms with Gasteiger partial charge in [0.15, 0.2) is 5.82 Å². The van der Waals surface area contributed by atoms with E-state index in [9.17, 15) is 0 Å². The summed E-state index contributed by atoms with van der Waals surface area (Å²) >= 11 is 1.85. The fourth-order valence-electron chi connectivity index (χ4n) is 8.85. The van der Waals surface area contributed by atoms with Crippen LogP contribution in [-0.2, 0) is 5.41 Å². The van der Waals surface area contributed by atoms with Crippen molar-refractivity contribution in [2.75, 3.05) is 0 Å². The van der Waals surface area contributed by atoms with Gasteiger partial charge in [-0.05, 0) is 99.5 Å². The van der Waals surface area contributed by atoms with Crippen LogP contribution in [0.5, 0.6) is 0 Å². The second-order valence-electron chi connectivity index (χ2n) is 15.1. The molecule has 2 heterocycles. The van der Waals surface area contributed by atoms with Crippen LogP contribution in [0.1, 0.15) is 23.6 Å². The Morgan fingerprint density at radius 3 is 1.56 bits per heavy atom. The topological polar surface area (TPSA) is 25.8 Å². The van der Waals surface area contributed by atoms with E-state index in [1.54, 1.807) is 0 Å². The summed E-state index contributed by atoms with van der Waals surface area (Å²) in [4.78, 5) is 10.4. The highest BCUT2D eigenvalue weighted by Crippen LogP contribution is 2.52. The predicted molar refractivity (Wildman–Crippen MR) is 240 cm³/mol. The molecular formula is C54H36N2S. The van der Waals surface area contributed by atoms with Crippen LogP contribution in [-0.4, -0.2) is 9.97 Å². The number of fused-ring (bicyclic) bond motifs is 6. The van der Waals surface area contributed by atoms with Crippen molar-refractivity contribution in [3.8, 4) is 67.3 Å². The van der Waals surface area contributed by atoms with Gasteiger partial charge < -0.3 is 0 Å². The summed E-state index contributed by atoms with van der Waals surface area (Å²) in [7, 11) is 0. The molecule has 0 amide bonds. The summed E-state index contributed by atoms with van der Waals surface area (Å²) in [6.07, 6.45) is 0. The monoisotopic (exact) mass is 744 g/mol. The first kappa shape index (κ1) is 33.4. The van der Waals surface area contributed by atoms with Crippen molar-refractivity contribution in [3.05, 3.63) is 217 Å². The Balaban J connectivity index is 1.000. The molecule has 0 radical (unpaired) electrons. The third kappa shape index (κ3) is 5.62. The number of thiophene rings is 1. The summed E-state index contributed by atoms with van der Waals surface area (Å²) in [6.45, 7) is 2.37. The van der Waals surface area contributed by atoms with Crippen LogP contribution in [0.4, 0.5) is 0 Å². The standard InChI is InChI=1S/C54H36N2S/c1-54(47-25-8-5-22-43(47)44-23-6-9-26-48(44)54)42-21-13-18-38(32-42)36-16-11-19-40(30-36)49-34-50(56-53(55-49)35-14-3-2-4-15-35)41-20-12-17-37(31-41)39-28-29-52-46(33-39)45-24-7-10-27-51(45)57-52/h2-34H,1H3. The van der Waals surface area contributed by atoms with Crippen molar-refractivity contribution in [1.82, 2.24) is 9.97 Å². The molecule has 3 heteroatoms. The van der Waals surface area contributed by atoms with Gasteiger partial charge in [-0.2, -0.15) is 0 Å². The van der Waals surface area contributed by atoms with Crippen molar-refractivity contribution in [2.45, 2.75) is 12.3 Å². The van der Waals surface area contributed by atoms with E-state index < -0.39 is 0 Å². The van der Waals surface area contributed by atoms with Crippen LogP contribution in [0.25, 0.3) is 87.5 Å². The summed E-state index contributed by atoms with van der Waals surface area (Å²) in [5, 5.41) is 2.60. The molecule has 2 nitrogen and oxygen atoms in total. The second-order valence-corrected chi connectivity index (χ2v) is 16.2. The molecule has 11 rings (SSSR count). The Morgan fingerprint density at radius 1 is 0.368 bits per heavy atom. The Hall–Kier alpha value is -6.94. The molecule has 57 heavy (non-hydrogen) atoms. The zero-order chi connectivity index (χ0) is 37.9. The molecule has 0 unspecified atom stereocenters. The minimum absolute atomic E-state index is 0.259. The molecule has 2 aromatic heterocycles. The maximum atomic E-state index is 5.20. The highest BCUT2D eigenvalue weighted by Gasteiger charge is 2.40. The Labute approximate surface area is 336 Å². The maximum Gasteiger partial charge on any atom is 0.160 e. The lowest BCUT2D eigenvalue weighted by atomic mass is 9.74. The molecule has 10 aromatic rings. The van der Waals surface area contributed by atoms with Gasteiger partial charge in [0.1, 0.15) is 0 Å². The zero-order valence-electron chi connectivity index (χ0n) is 31.4. The Kier molecular flexibility index (Phi) is 7.84. The van der Waals surface area contributed by atoms with E-state index in [1.807, 2.05) is 29.5 Å². The minimum atomic E-state index is -0.259. The fraction of sp³-hybridized carbons (Fsp3) is 0.0370. The first-order chi connectivity index (χ1) is 28.1. The Bertz CT molecular complexity index is 3110. The van der Waals surface area contributed by atoms with Crippen LogP contribution < -0.4 is 0 Å². The van der Waals surface area contributed by atoms with E-state index in [-0.39, 0.29) is 5.41 Å². The van der Waals surface area contributed by atoms with Gasteiger partial charge in [0.05, 0.1) is 11.4 Å². The van der Waals surface area contributed by atoms with E-state index in [4.69, 9.17) is 9.97 Å². The third-order valence-electron chi connectivity index (χ3n) is 11.8. The van der Waals surface area contributed by atoms with Crippen molar-refractivity contribution in [1.29, 1.82) is 0 Å². The quantitative estimate of drug-likeness (QED) is 0.169. The maximum absolute atomic E-state index is 5.20. The molecule has 0 saturated heterocycles. The summed E-state index contributed by atoms with van der Waals surface area (Å²) in [5.41, 5.74) is 15.9. The molecule has 8 aromatic carbocycles. The van der Waals surface area contributed by atoms with Gasteiger partial charge in [0.2, 0.25) is 0 Å². The van der Waals surface area contributed by atoms with Crippen molar-refractivity contribution >= 4 is 31.5 Å². The smallest absolute Gasteiger partial charge is 0.160 e. The number of rotatable bonds is 6. The summed E-state index contributed by atoms with van der Waals surface area (Å²) < 4.78 is 2.62. The van der Waals surface area contributed by atoms with E-state index in [0.717, 1.165) is 39.2 Å². The number of hydrogen-bond donors (Lipinski definition) is 0. The average Bonchev–Trinajstić information content (AvgIpc) is 3.79. The molecule has 0 bridgehead atoms. The predicted octanol–water partition coefficient (Wildman–Crippen LogP) is 14.5. The molecule has 0 saturated carbocycles. The third-order valence-corrected chi connectivity index (χ3v) is 12.9. The van der Waals surface area contributed by atoms with Crippen molar-refractivity contribution < 1.29 is 0 Å². The fourth-order valence-corrected chi connectivity index (χ4v) is 9.94. The lowest BCUT2D eigenvalue weighted by Crippen LogP contribution is -2.22. The first-order valence-electron chi connectivity index (χ1n) is 19.5. The number of nitrogens with zero attached hydrogens (tertiary/aromatic N) is 2. The molecule has 0 aliphatic heterocycles. The second kappa shape index (κ2) is 13.4. The lowest BCUT2D eigenvalue weighted by Gasteiger charge is -2.28. The molecular weight excluding hydrogens is 709 g/mol. The van der Waals surface area contributed by atoms with Crippen LogP contribution in [0.3, 0.4) is 0 Å². The zero-order valence-corrected chi connectivity index (χ0v) is 32.2. The molecule has 1 aliphatic carbocycles. The van der Waals surface area contributed by atoms with E-state index in [2.05, 4.69) is 189 Å². The minimum Gasteiger partial charge on any atom is -0.228 e. The molecule has 268 valence electrons. The van der Waals surface area contributed by atoms with E-state index in [1.165, 1.54) is 59.1 Å². The number of aromatic nitrogens is 2. The summed E-state index contributed by atoms with van der Waals surface area (Å²) in [6, 6.07) is 72.3. The van der Waals surface area contributed by atoms with Gasteiger partial charge in [-0.25, -0.2) is 9.97 Å². The SMILES string of the molecule is CC1(c2cccc(-c3cccc(-c4cc(-c5cccc(-c6ccc7sc8ccccc8c7c6)c5)nc(-c5ccccc5)n4)c3)c2)c2ccccc2-c2ccccc21. The summed E-state index contributed by atoms with van der Waals surface area (Å²) in [5.74, 6) is 0.707. The van der Waals surface area contributed by atoms with Crippen LogP contribution in [0.15, 0.2) is 200 Å². The highest BCUT2D eigenvalue weighted by atomic mass is 32.1. The van der Waals surface area contributed by atoms with Gasteiger partial charge in [0.25, 0.3) is 0 Å². The van der Waals surface area contributed by atoms with Gasteiger partial charge in [0, 0.05) is 42.3 Å². The van der Waals surface area contributed by atoms with Gasteiger partial charge in [-0.1, -0.05) is 158 Å². The molecule has 0 fully saturated rings. The first-order valence-corrected chi connectivity index (χ1v) is 20.3. The lowest BCUT2D eigenvalue weighted by molar-refractivity contribution is 0.714. The largest absolute Gasteiger partial charge is 0.228 e. The molecule has 1 aliphatic rings. The van der Waals surface area contributed by atoms with Crippen LogP contribution in [0, 0.1) is 0 Å². The highest BCUT2D eigenvalue weighted by molar-refractivity contribution is 7.25. The molecule has 0 spiro atoms. The van der Waals surface area contributed by atoms with Gasteiger partial charge >= 0.3 is 0 Å². The average molecular weight is 745 g/mol. The molecule has 0 atom stereocenters. The van der Waals surface area contributed by atoms with Gasteiger partial charge in [-0.15, -0.1) is 11.3 Å². The van der Waals surface area contributed by atoms with E-state index in [0.29, 0.717) is 5.82 Å². The number of hydrogen-bond acceptors (Lipinski definition) is 3. The molecule has 0 N–H and O–H groups in total. The van der Waals surface area contributed by atoms with Crippen LogP contribution in [0.2, 0.25) is 0 Å². The Morgan fingerprint density at radius 2 is 0.877 bits per heavy atom. The number of benzene rings is 8. The van der Waals surface area contributed by atoms with Crippen LogP contribution >= 0.6 is 11.3 Å². The van der Waals surface area contributed by atoms with Crippen molar-refractivity contribution in [2.24, 2.45) is 0 Å².